The van der Waals surface area contributed by atoms with Crippen LogP contribution < -0.4 is 0 Å². The SMILES string of the molecule is [CH2]/C=C/CCC=C. The molecule has 7 heavy (non-hydrogen) atoms. The zero-order valence-corrected chi connectivity index (χ0v) is 4.56. The Balaban J connectivity index is 2.82. The zero-order valence-electron chi connectivity index (χ0n) is 4.56. The maximum atomic E-state index is 3.58. The molecule has 0 rings (SSSR count). The minimum absolute atomic E-state index is 1.06. The van der Waals surface area contributed by atoms with Crippen molar-refractivity contribution >= 4 is 0 Å². The summed E-state index contributed by atoms with van der Waals surface area (Å²) in [4.78, 5) is 0. The Bertz CT molecular complexity index is 60.4. The van der Waals surface area contributed by atoms with Gasteiger partial charge in [-0.2, -0.15) is 0 Å². The Kier molecular flexibility index (Phi) is 5.07. The Hall–Kier alpha value is -0.520. The number of hydrogen-bond acceptors (Lipinski definition) is 0. The third kappa shape index (κ3) is 5.48. The fourth-order valence-electron chi connectivity index (χ4n) is 0.332. The van der Waals surface area contributed by atoms with Crippen molar-refractivity contribution in [3.05, 3.63) is 31.7 Å². The molecule has 0 spiro atoms. The summed E-state index contributed by atoms with van der Waals surface area (Å²) in [7, 11) is 0. The molecule has 0 nitrogen and oxygen atoms in total. The minimum atomic E-state index is 1.06. The number of rotatable bonds is 3. The van der Waals surface area contributed by atoms with E-state index in [-0.39, 0.29) is 0 Å². The Morgan fingerprint density at radius 2 is 2.00 bits per heavy atom. The summed E-state index contributed by atoms with van der Waals surface area (Å²) in [5, 5.41) is 0. The van der Waals surface area contributed by atoms with Gasteiger partial charge in [0.2, 0.25) is 0 Å². The molecular weight excluding hydrogens is 84.1 g/mol. The van der Waals surface area contributed by atoms with Crippen LogP contribution in [0.5, 0.6) is 0 Å². The number of hydrogen-bond donors (Lipinski definition) is 0. The van der Waals surface area contributed by atoms with Crippen molar-refractivity contribution < 1.29 is 0 Å². The topological polar surface area (TPSA) is 0 Å². The van der Waals surface area contributed by atoms with Crippen LogP contribution in [0, 0.1) is 6.92 Å². The van der Waals surface area contributed by atoms with Crippen molar-refractivity contribution in [2.75, 3.05) is 0 Å². The van der Waals surface area contributed by atoms with E-state index in [2.05, 4.69) is 13.5 Å². The second kappa shape index (κ2) is 5.48. The van der Waals surface area contributed by atoms with Crippen LogP contribution in [-0.4, -0.2) is 0 Å². The van der Waals surface area contributed by atoms with E-state index in [9.17, 15) is 0 Å². The van der Waals surface area contributed by atoms with Gasteiger partial charge in [0.15, 0.2) is 0 Å². The monoisotopic (exact) mass is 95.1 g/mol. The first-order chi connectivity index (χ1) is 3.41. The lowest BCUT2D eigenvalue weighted by Gasteiger charge is -1.79. The molecule has 0 unspecified atom stereocenters. The molecule has 0 bridgehead atoms. The average molecular weight is 95.2 g/mol. The van der Waals surface area contributed by atoms with Crippen LogP contribution in [0.15, 0.2) is 24.8 Å². The van der Waals surface area contributed by atoms with Crippen molar-refractivity contribution in [2.45, 2.75) is 12.8 Å². The van der Waals surface area contributed by atoms with Crippen molar-refractivity contribution in [3.8, 4) is 0 Å². The quantitative estimate of drug-likeness (QED) is 0.373. The van der Waals surface area contributed by atoms with Crippen LogP contribution in [0.2, 0.25) is 0 Å². The van der Waals surface area contributed by atoms with E-state index in [4.69, 9.17) is 0 Å². The summed E-state index contributed by atoms with van der Waals surface area (Å²) in [5.74, 6) is 0. The maximum Gasteiger partial charge on any atom is -0.0316 e. The van der Waals surface area contributed by atoms with Gasteiger partial charge < -0.3 is 0 Å². The van der Waals surface area contributed by atoms with E-state index in [1.807, 2.05) is 18.2 Å². The lowest BCUT2D eigenvalue weighted by atomic mass is 10.3. The minimum Gasteiger partial charge on any atom is -0.103 e. The van der Waals surface area contributed by atoms with Gasteiger partial charge in [-0.1, -0.05) is 18.2 Å². The molecule has 0 aliphatic heterocycles. The lowest BCUT2D eigenvalue weighted by molar-refractivity contribution is 1.06. The molecule has 0 fully saturated rings. The van der Waals surface area contributed by atoms with E-state index in [1.165, 1.54) is 0 Å². The second-order valence-electron chi connectivity index (χ2n) is 1.34. The molecule has 39 valence electrons. The lowest BCUT2D eigenvalue weighted by Crippen LogP contribution is -1.58. The largest absolute Gasteiger partial charge is 0.103 e. The van der Waals surface area contributed by atoms with Gasteiger partial charge in [-0.15, -0.1) is 6.58 Å². The van der Waals surface area contributed by atoms with Gasteiger partial charge in [0.1, 0.15) is 0 Å². The van der Waals surface area contributed by atoms with Crippen molar-refractivity contribution in [2.24, 2.45) is 0 Å². The first-order valence-electron chi connectivity index (χ1n) is 2.47. The van der Waals surface area contributed by atoms with Gasteiger partial charge >= 0.3 is 0 Å². The molecule has 0 aliphatic carbocycles. The zero-order chi connectivity index (χ0) is 5.54. The Labute approximate surface area is 45.5 Å². The smallest absolute Gasteiger partial charge is 0.0316 e. The molecule has 0 N–H and O–H groups in total. The standard InChI is InChI=1S/C7H11/c1-3-5-7-6-4-2/h3-5H,1-2,6-7H2/b5-3+. The molecule has 0 saturated carbocycles. The van der Waals surface area contributed by atoms with Crippen LogP contribution in [-0.2, 0) is 0 Å². The second-order valence-corrected chi connectivity index (χ2v) is 1.34. The predicted molar refractivity (Wildman–Crippen MR) is 33.9 cm³/mol. The van der Waals surface area contributed by atoms with Gasteiger partial charge in [0.25, 0.3) is 0 Å². The summed E-state index contributed by atoms with van der Waals surface area (Å²) in [6.45, 7) is 7.12. The van der Waals surface area contributed by atoms with Crippen molar-refractivity contribution in [1.29, 1.82) is 0 Å². The van der Waals surface area contributed by atoms with Gasteiger partial charge in [-0.05, 0) is 19.8 Å². The van der Waals surface area contributed by atoms with E-state index < -0.39 is 0 Å². The van der Waals surface area contributed by atoms with E-state index in [0.29, 0.717) is 0 Å². The molecular formula is C7H11. The van der Waals surface area contributed by atoms with Crippen LogP contribution in [0.1, 0.15) is 12.8 Å². The Morgan fingerprint density at radius 3 is 2.43 bits per heavy atom. The highest BCUT2D eigenvalue weighted by atomic mass is 13.7. The number of unbranched alkanes of at least 4 members (excludes halogenated alkanes) is 1. The van der Waals surface area contributed by atoms with E-state index >= 15 is 0 Å². The maximum absolute atomic E-state index is 3.58. The molecule has 0 aromatic heterocycles. The molecule has 0 aromatic carbocycles. The highest BCUT2D eigenvalue weighted by Gasteiger charge is 1.68. The molecule has 0 amide bonds. The fraction of sp³-hybridized carbons (Fsp3) is 0.286. The predicted octanol–water partition coefficient (Wildman–Crippen LogP) is 2.34. The number of allylic oxidation sites excluding steroid dienone is 3. The van der Waals surface area contributed by atoms with E-state index in [1.54, 1.807) is 0 Å². The molecule has 0 saturated heterocycles. The molecule has 0 heteroatoms. The highest BCUT2D eigenvalue weighted by Crippen LogP contribution is 1.88. The van der Waals surface area contributed by atoms with Crippen LogP contribution in [0.4, 0.5) is 0 Å². The molecule has 0 atom stereocenters. The van der Waals surface area contributed by atoms with Gasteiger partial charge in [-0.25, -0.2) is 0 Å². The fourth-order valence-corrected chi connectivity index (χ4v) is 0.332. The van der Waals surface area contributed by atoms with Gasteiger partial charge in [0, 0.05) is 0 Å². The molecule has 0 aliphatic rings. The van der Waals surface area contributed by atoms with Crippen molar-refractivity contribution in [3.63, 3.8) is 0 Å². The molecule has 0 aromatic rings. The normalized spacial score (nSPS) is 9.86. The molecule has 1 radical (unpaired) electrons. The van der Waals surface area contributed by atoms with Crippen LogP contribution in [0.25, 0.3) is 0 Å². The summed E-state index contributed by atoms with van der Waals surface area (Å²) in [6.07, 6.45) is 7.88. The summed E-state index contributed by atoms with van der Waals surface area (Å²) in [5.41, 5.74) is 0. The van der Waals surface area contributed by atoms with Crippen LogP contribution in [0.3, 0.4) is 0 Å². The third-order valence-electron chi connectivity index (χ3n) is 0.704. The first kappa shape index (κ1) is 6.48. The Morgan fingerprint density at radius 1 is 1.29 bits per heavy atom. The summed E-state index contributed by atoms with van der Waals surface area (Å²) >= 11 is 0. The molecule has 0 heterocycles. The first-order valence-corrected chi connectivity index (χ1v) is 2.47. The third-order valence-corrected chi connectivity index (χ3v) is 0.704. The summed E-state index contributed by atoms with van der Waals surface area (Å²) < 4.78 is 0. The van der Waals surface area contributed by atoms with Crippen LogP contribution >= 0.6 is 0 Å². The van der Waals surface area contributed by atoms with Gasteiger partial charge in [-0.3, -0.25) is 0 Å². The van der Waals surface area contributed by atoms with Gasteiger partial charge in [0.05, 0.1) is 0 Å². The van der Waals surface area contributed by atoms with Crippen molar-refractivity contribution in [1.82, 2.24) is 0 Å². The van der Waals surface area contributed by atoms with E-state index in [0.717, 1.165) is 12.8 Å². The average Bonchev–Trinajstić information content (AvgIpc) is 1.69. The summed E-state index contributed by atoms with van der Waals surface area (Å²) in [6, 6.07) is 0. The highest BCUT2D eigenvalue weighted by molar-refractivity contribution is 4.85.